The van der Waals surface area contributed by atoms with Gasteiger partial charge in [0.2, 0.25) is 0 Å². The largest absolute Gasteiger partial charge is 0.508 e. The van der Waals surface area contributed by atoms with Crippen LogP contribution in [0.4, 0.5) is 0 Å². The van der Waals surface area contributed by atoms with Gasteiger partial charge in [-0.3, -0.25) is 9.59 Å². The second-order valence-electron chi connectivity index (χ2n) is 4.35. The molecule has 2 aromatic heterocycles. The SMILES string of the molecule is Cn1ccnc1C(=O)c1cc(=O)c2cc(O)ccc2o1. The summed E-state index contributed by atoms with van der Waals surface area (Å²) in [6, 6.07) is 5.25. The fourth-order valence-electron chi connectivity index (χ4n) is 1.95. The molecule has 0 saturated heterocycles. The summed E-state index contributed by atoms with van der Waals surface area (Å²) in [5.74, 6) is -0.397. The van der Waals surface area contributed by atoms with E-state index in [9.17, 15) is 14.7 Å². The number of aromatic hydroxyl groups is 1. The lowest BCUT2D eigenvalue weighted by Crippen LogP contribution is -2.12. The Morgan fingerprint density at radius 1 is 1.35 bits per heavy atom. The van der Waals surface area contributed by atoms with E-state index in [2.05, 4.69) is 4.98 Å². The Morgan fingerprint density at radius 2 is 2.15 bits per heavy atom. The quantitative estimate of drug-likeness (QED) is 0.712. The first-order chi connectivity index (χ1) is 9.56. The maximum atomic E-state index is 12.2. The van der Waals surface area contributed by atoms with Gasteiger partial charge in [0.25, 0.3) is 5.78 Å². The number of phenolic OH excluding ortho intramolecular Hbond substituents is 1. The molecule has 0 atom stereocenters. The number of fused-ring (bicyclic) bond motifs is 1. The summed E-state index contributed by atoms with van der Waals surface area (Å²) in [6.45, 7) is 0. The van der Waals surface area contributed by atoms with Gasteiger partial charge in [-0.05, 0) is 18.2 Å². The summed E-state index contributed by atoms with van der Waals surface area (Å²) < 4.78 is 6.97. The molecule has 6 heteroatoms. The van der Waals surface area contributed by atoms with Gasteiger partial charge in [0.15, 0.2) is 17.0 Å². The average molecular weight is 270 g/mol. The van der Waals surface area contributed by atoms with Crippen LogP contribution in [-0.2, 0) is 7.05 Å². The molecule has 2 heterocycles. The van der Waals surface area contributed by atoms with Crippen molar-refractivity contribution in [2.45, 2.75) is 0 Å². The summed E-state index contributed by atoms with van der Waals surface area (Å²) in [5, 5.41) is 9.58. The summed E-state index contributed by atoms with van der Waals surface area (Å²) in [5.41, 5.74) is -0.146. The van der Waals surface area contributed by atoms with Crippen LogP contribution >= 0.6 is 0 Å². The van der Waals surface area contributed by atoms with E-state index in [4.69, 9.17) is 4.42 Å². The number of hydrogen-bond acceptors (Lipinski definition) is 5. The van der Waals surface area contributed by atoms with Crippen LogP contribution in [0, 0.1) is 0 Å². The number of ketones is 1. The lowest BCUT2D eigenvalue weighted by Gasteiger charge is -2.03. The fourth-order valence-corrected chi connectivity index (χ4v) is 1.95. The standard InChI is InChI=1S/C14H10N2O4/c1-16-5-4-15-14(16)13(19)12-7-10(18)9-6-8(17)2-3-11(9)20-12/h2-7,17H,1H3. The van der Waals surface area contributed by atoms with Crippen LogP contribution < -0.4 is 5.43 Å². The lowest BCUT2D eigenvalue weighted by molar-refractivity contribution is 0.0997. The molecule has 0 radical (unpaired) electrons. The first kappa shape index (κ1) is 12.2. The minimum absolute atomic E-state index is 0.0343. The zero-order valence-electron chi connectivity index (χ0n) is 10.5. The van der Waals surface area contributed by atoms with Gasteiger partial charge in [0, 0.05) is 25.5 Å². The number of aryl methyl sites for hydroxylation is 1. The molecule has 0 aliphatic carbocycles. The fraction of sp³-hybridized carbons (Fsp3) is 0.0714. The van der Waals surface area contributed by atoms with Crippen LogP contribution in [0.25, 0.3) is 11.0 Å². The van der Waals surface area contributed by atoms with Crippen molar-refractivity contribution in [3.8, 4) is 5.75 Å². The van der Waals surface area contributed by atoms with E-state index in [-0.39, 0.29) is 33.7 Å². The molecular formula is C14H10N2O4. The van der Waals surface area contributed by atoms with E-state index in [1.54, 1.807) is 17.8 Å². The van der Waals surface area contributed by atoms with Gasteiger partial charge in [-0.25, -0.2) is 4.98 Å². The van der Waals surface area contributed by atoms with E-state index in [0.29, 0.717) is 0 Å². The number of rotatable bonds is 2. The molecule has 0 amide bonds. The predicted molar refractivity (Wildman–Crippen MR) is 70.8 cm³/mol. The number of nitrogens with zero attached hydrogens (tertiary/aromatic N) is 2. The minimum Gasteiger partial charge on any atom is -0.508 e. The predicted octanol–water partition coefficient (Wildman–Crippen LogP) is 1.46. The summed E-state index contributed by atoms with van der Waals surface area (Å²) in [7, 11) is 1.68. The van der Waals surface area contributed by atoms with Gasteiger partial charge in [-0.15, -0.1) is 0 Å². The van der Waals surface area contributed by atoms with E-state index < -0.39 is 5.78 Å². The van der Waals surface area contributed by atoms with Crippen LogP contribution in [-0.4, -0.2) is 20.4 Å². The Morgan fingerprint density at radius 3 is 2.85 bits per heavy atom. The van der Waals surface area contributed by atoms with Gasteiger partial charge in [-0.2, -0.15) is 0 Å². The first-order valence-corrected chi connectivity index (χ1v) is 5.85. The van der Waals surface area contributed by atoms with Crippen LogP contribution in [0.1, 0.15) is 16.4 Å². The topological polar surface area (TPSA) is 85.3 Å². The van der Waals surface area contributed by atoms with E-state index in [1.165, 1.54) is 24.4 Å². The monoisotopic (exact) mass is 270 g/mol. The molecule has 0 spiro atoms. The zero-order valence-corrected chi connectivity index (χ0v) is 10.5. The number of aromatic nitrogens is 2. The third-order valence-corrected chi connectivity index (χ3v) is 2.96. The van der Waals surface area contributed by atoms with Crippen LogP contribution in [0.2, 0.25) is 0 Å². The molecule has 100 valence electrons. The third kappa shape index (κ3) is 1.87. The molecule has 0 aliphatic rings. The van der Waals surface area contributed by atoms with Crippen LogP contribution in [0.3, 0.4) is 0 Å². The molecule has 6 nitrogen and oxygen atoms in total. The number of phenols is 1. The number of benzene rings is 1. The van der Waals surface area contributed by atoms with E-state index >= 15 is 0 Å². The third-order valence-electron chi connectivity index (χ3n) is 2.96. The van der Waals surface area contributed by atoms with Crippen molar-refractivity contribution >= 4 is 16.8 Å². The highest BCUT2D eigenvalue weighted by atomic mass is 16.3. The van der Waals surface area contributed by atoms with Crippen molar-refractivity contribution in [3.05, 3.63) is 58.5 Å². The smallest absolute Gasteiger partial charge is 0.263 e. The van der Waals surface area contributed by atoms with Crippen molar-refractivity contribution in [3.63, 3.8) is 0 Å². The average Bonchev–Trinajstić information content (AvgIpc) is 2.85. The Hall–Kier alpha value is -2.89. The number of hydrogen-bond donors (Lipinski definition) is 1. The zero-order chi connectivity index (χ0) is 14.3. The van der Waals surface area contributed by atoms with Gasteiger partial charge in [-0.1, -0.05) is 0 Å². The molecule has 20 heavy (non-hydrogen) atoms. The molecule has 1 aromatic carbocycles. The molecule has 0 unspecified atom stereocenters. The minimum atomic E-state index is -0.468. The van der Waals surface area contributed by atoms with E-state index in [1.807, 2.05) is 0 Å². The van der Waals surface area contributed by atoms with E-state index in [0.717, 1.165) is 6.07 Å². The van der Waals surface area contributed by atoms with Gasteiger partial charge in [0.05, 0.1) is 5.39 Å². The molecule has 3 rings (SSSR count). The Kier molecular flexibility index (Phi) is 2.64. The Labute approximate surface area is 112 Å². The molecule has 3 aromatic rings. The molecule has 0 aliphatic heterocycles. The van der Waals surface area contributed by atoms with Gasteiger partial charge < -0.3 is 14.1 Å². The molecule has 0 bridgehead atoms. The summed E-state index contributed by atoms with van der Waals surface area (Å²) in [6.07, 6.45) is 3.12. The first-order valence-electron chi connectivity index (χ1n) is 5.85. The van der Waals surface area contributed by atoms with Gasteiger partial charge >= 0.3 is 0 Å². The van der Waals surface area contributed by atoms with Gasteiger partial charge in [0.1, 0.15) is 11.3 Å². The lowest BCUT2D eigenvalue weighted by atomic mass is 10.2. The molecule has 1 N–H and O–H groups in total. The molecule has 0 saturated carbocycles. The number of carbonyl (C=O) groups is 1. The van der Waals surface area contributed by atoms with Crippen molar-refractivity contribution in [2.75, 3.05) is 0 Å². The highest BCUT2D eigenvalue weighted by Gasteiger charge is 2.18. The highest BCUT2D eigenvalue weighted by molar-refractivity contribution is 6.05. The summed E-state index contributed by atoms with van der Waals surface area (Å²) >= 11 is 0. The van der Waals surface area contributed by atoms with Crippen molar-refractivity contribution in [1.82, 2.24) is 9.55 Å². The number of imidazole rings is 1. The maximum Gasteiger partial charge on any atom is 0.263 e. The Bertz CT molecular complexity index is 876. The van der Waals surface area contributed by atoms with Crippen molar-refractivity contribution < 1.29 is 14.3 Å². The molecule has 0 fully saturated rings. The van der Waals surface area contributed by atoms with Crippen molar-refractivity contribution in [1.29, 1.82) is 0 Å². The second kappa shape index (κ2) is 4.34. The second-order valence-corrected chi connectivity index (χ2v) is 4.35. The van der Waals surface area contributed by atoms with Crippen molar-refractivity contribution in [2.24, 2.45) is 7.05 Å². The Balaban J connectivity index is 2.19. The highest BCUT2D eigenvalue weighted by Crippen LogP contribution is 2.19. The molecular weight excluding hydrogens is 260 g/mol. The maximum absolute atomic E-state index is 12.2. The normalized spacial score (nSPS) is 10.8. The summed E-state index contributed by atoms with van der Waals surface area (Å²) in [4.78, 5) is 28.1. The van der Waals surface area contributed by atoms with Crippen LogP contribution in [0.5, 0.6) is 5.75 Å². The van der Waals surface area contributed by atoms with Crippen LogP contribution in [0.15, 0.2) is 45.9 Å². The number of carbonyl (C=O) groups excluding carboxylic acids is 1.